The number of aryl methyl sites for hydroxylation is 1. The van der Waals surface area contributed by atoms with Gasteiger partial charge in [-0.05, 0) is 44.2 Å². The van der Waals surface area contributed by atoms with E-state index in [1.54, 1.807) is 43.5 Å². The predicted octanol–water partition coefficient (Wildman–Crippen LogP) is 4.49. The third-order valence-corrected chi connectivity index (χ3v) is 4.75. The van der Waals surface area contributed by atoms with Crippen LogP contribution in [-0.2, 0) is 4.79 Å². The van der Waals surface area contributed by atoms with Gasteiger partial charge < -0.3 is 14.8 Å². The first-order valence-electron chi connectivity index (χ1n) is 9.74. The Kier molecular flexibility index (Phi) is 6.86. The molecular formula is C25H25NO4. The minimum absolute atomic E-state index is 0.0548. The fraction of sp³-hybridized carbons (Fsp3) is 0.200. The van der Waals surface area contributed by atoms with E-state index in [1.165, 1.54) is 0 Å². The highest BCUT2D eigenvalue weighted by Crippen LogP contribution is 2.26. The van der Waals surface area contributed by atoms with Gasteiger partial charge in [0.1, 0.15) is 11.5 Å². The van der Waals surface area contributed by atoms with E-state index in [-0.39, 0.29) is 24.3 Å². The Hall–Kier alpha value is -3.60. The Balaban J connectivity index is 1.56. The lowest BCUT2D eigenvalue weighted by molar-refractivity contribution is -0.123. The SMILES string of the molecule is COc1ccc(C)cc1C(C)NC(=O)COc1ccc(C(=O)c2ccccc2)cc1. The number of hydrogen-bond donors (Lipinski definition) is 1. The Morgan fingerprint density at radius 3 is 2.27 bits per heavy atom. The van der Waals surface area contributed by atoms with Gasteiger partial charge in [-0.15, -0.1) is 0 Å². The van der Waals surface area contributed by atoms with E-state index >= 15 is 0 Å². The van der Waals surface area contributed by atoms with Crippen LogP contribution in [0.4, 0.5) is 0 Å². The van der Waals surface area contributed by atoms with Crippen LogP contribution in [0, 0.1) is 6.92 Å². The van der Waals surface area contributed by atoms with E-state index in [0.717, 1.165) is 16.9 Å². The number of ketones is 1. The minimum atomic E-state index is -0.240. The maximum atomic E-state index is 12.4. The second-order valence-corrected chi connectivity index (χ2v) is 7.04. The maximum absolute atomic E-state index is 12.4. The summed E-state index contributed by atoms with van der Waals surface area (Å²) in [6, 6.07) is 21.5. The highest BCUT2D eigenvalue weighted by molar-refractivity contribution is 6.08. The van der Waals surface area contributed by atoms with E-state index in [1.807, 2.05) is 50.2 Å². The number of hydrogen-bond acceptors (Lipinski definition) is 4. The zero-order valence-electron chi connectivity index (χ0n) is 17.3. The molecule has 0 aromatic heterocycles. The minimum Gasteiger partial charge on any atom is -0.496 e. The molecule has 30 heavy (non-hydrogen) atoms. The van der Waals surface area contributed by atoms with Gasteiger partial charge in [-0.1, -0.05) is 48.0 Å². The molecule has 0 aliphatic rings. The molecule has 154 valence electrons. The molecule has 0 saturated heterocycles. The summed E-state index contributed by atoms with van der Waals surface area (Å²) in [4.78, 5) is 24.8. The largest absolute Gasteiger partial charge is 0.496 e. The van der Waals surface area contributed by atoms with Gasteiger partial charge in [-0.2, -0.15) is 0 Å². The van der Waals surface area contributed by atoms with Gasteiger partial charge in [-0.25, -0.2) is 0 Å². The van der Waals surface area contributed by atoms with Gasteiger partial charge in [0.05, 0.1) is 13.2 Å². The molecule has 0 bridgehead atoms. The zero-order chi connectivity index (χ0) is 21.5. The van der Waals surface area contributed by atoms with Crippen LogP contribution in [0.2, 0.25) is 0 Å². The summed E-state index contributed by atoms with van der Waals surface area (Å²) in [5.74, 6) is 0.958. The molecule has 0 fully saturated rings. The van der Waals surface area contributed by atoms with Crippen LogP contribution < -0.4 is 14.8 Å². The Labute approximate surface area is 176 Å². The molecule has 5 nitrogen and oxygen atoms in total. The van der Waals surface area contributed by atoms with Crippen LogP contribution in [-0.4, -0.2) is 25.4 Å². The van der Waals surface area contributed by atoms with Crippen LogP contribution in [0.5, 0.6) is 11.5 Å². The highest BCUT2D eigenvalue weighted by atomic mass is 16.5. The molecule has 0 aliphatic carbocycles. The number of ether oxygens (including phenoxy) is 2. The van der Waals surface area contributed by atoms with Crippen molar-refractivity contribution in [2.45, 2.75) is 19.9 Å². The van der Waals surface area contributed by atoms with E-state index in [2.05, 4.69) is 5.32 Å². The normalized spacial score (nSPS) is 11.4. The fourth-order valence-electron chi connectivity index (χ4n) is 3.16. The van der Waals surface area contributed by atoms with Crippen molar-refractivity contribution < 1.29 is 19.1 Å². The van der Waals surface area contributed by atoms with Crippen molar-refractivity contribution >= 4 is 11.7 Å². The summed E-state index contributed by atoms with van der Waals surface area (Å²) in [6.45, 7) is 3.77. The molecule has 0 saturated carbocycles. The number of carbonyl (C=O) groups excluding carboxylic acids is 2. The van der Waals surface area contributed by atoms with Crippen molar-refractivity contribution in [3.05, 3.63) is 95.1 Å². The van der Waals surface area contributed by atoms with E-state index in [0.29, 0.717) is 16.9 Å². The summed E-state index contributed by atoms with van der Waals surface area (Å²) in [7, 11) is 1.61. The number of benzene rings is 3. The molecule has 0 aliphatic heterocycles. The quantitative estimate of drug-likeness (QED) is 0.563. The molecular weight excluding hydrogens is 378 g/mol. The molecule has 1 N–H and O–H groups in total. The first kappa shape index (κ1) is 21.1. The van der Waals surface area contributed by atoms with Crippen LogP contribution in [0.25, 0.3) is 0 Å². The smallest absolute Gasteiger partial charge is 0.258 e. The molecule has 0 spiro atoms. The van der Waals surface area contributed by atoms with Crippen molar-refractivity contribution in [3.63, 3.8) is 0 Å². The summed E-state index contributed by atoms with van der Waals surface area (Å²) in [5, 5.41) is 2.92. The lowest BCUT2D eigenvalue weighted by Crippen LogP contribution is -2.31. The molecule has 1 atom stereocenters. The van der Waals surface area contributed by atoms with Gasteiger partial charge in [0.15, 0.2) is 12.4 Å². The van der Waals surface area contributed by atoms with E-state index in [9.17, 15) is 9.59 Å². The monoisotopic (exact) mass is 403 g/mol. The molecule has 1 amide bonds. The number of amides is 1. The number of methoxy groups -OCH3 is 1. The third-order valence-electron chi connectivity index (χ3n) is 4.75. The molecule has 0 radical (unpaired) electrons. The summed E-state index contributed by atoms with van der Waals surface area (Å²) in [6.07, 6.45) is 0. The third kappa shape index (κ3) is 5.26. The molecule has 0 heterocycles. The fourth-order valence-corrected chi connectivity index (χ4v) is 3.16. The van der Waals surface area contributed by atoms with E-state index in [4.69, 9.17) is 9.47 Å². The second-order valence-electron chi connectivity index (χ2n) is 7.04. The standard InChI is InChI=1S/C25H25NO4/c1-17-9-14-23(29-3)22(15-17)18(2)26-24(27)16-30-21-12-10-20(11-13-21)25(28)19-7-5-4-6-8-19/h4-15,18H,16H2,1-3H3,(H,26,27). The first-order valence-corrected chi connectivity index (χ1v) is 9.74. The van der Waals surface area contributed by atoms with Gasteiger partial charge in [0.2, 0.25) is 0 Å². The highest BCUT2D eigenvalue weighted by Gasteiger charge is 2.15. The predicted molar refractivity (Wildman–Crippen MR) is 116 cm³/mol. The summed E-state index contributed by atoms with van der Waals surface area (Å²) in [5.41, 5.74) is 3.20. The van der Waals surface area contributed by atoms with Crippen LogP contribution in [0.3, 0.4) is 0 Å². The van der Waals surface area contributed by atoms with Gasteiger partial charge >= 0.3 is 0 Å². The summed E-state index contributed by atoms with van der Waals surface area (Å²) >= 11 is 0. The van der Waals surface area contributed by atoms with Gasteiger partial charge in [-0.3, -0.25) is 9.59 Å². The topological polar surface area (TPSA) is 64.6 Å². The Bertz CT molecular complexity index is 1010. The van der Waals surface area contributed by atoms with Crippen molar-refractivity contribution in [1.82, 2.24) is 5.32 Å². The van der Waals surface area contributed by atoms with Crippen molar-refractivity contribution in [3.8, 4) is 11.5 Å². The Morgan fingerprint density at radius 2 is 1.60 bits per heavy atom. The summed E-state index contributed by atoms with van der Waals surface area (Å²) < 4.78 is 11.0. The number of nitrogens with one attached hydrogen (secondary N) is 1. The molecule has 5 heteroatoms. The van der Waals surface area contributed by atoms with E-state index < -0.39 is 0 Å². The lowest BCUT2D eigenvalue weighted by Gasteiger charge is -2.18. The molecule has 3 aromatic carbocycles. The lowest BCUT2D eigenvalue weighted by atomic mass is 10.0. The Morgan fingerprint density at radius 1 is 0.933 bits per heavy atom. The molecule has 3 rings (SSSR count). The molecule has 3 aromatic rings. The van der Waals surface area contributed by atoms with Crippen LogP contribution in [0.15, 0.2) is 72.8 Å². The first-order chi connectivity index (χ1) is 14.5. The van der Waals surface area contributed by atoms with Gasteiger partial charge in [0.25, 0.3) is 5.91 Å². The number of rotatable bonds is 8. The second kappa shape index (κ2) is 9.74. The zero-order valence-corrected chi connectivity index (χ0v) is 17.3. The average Bonchev–Trinajstić information content (AvgIpc) is 2.78. The maximum Gasteiger partial charge on any atom is 0.258 e. The van der Waals surface area contributed by atoms with Gasteiger partial charge in [0, 0.05) is 16.7 Å². The molecule has 1 unspecified atom stereocenters. The van der Waals surface area contributed by atoms with Crippen molar-refractivity contribution in [1.29, 1.82) is 0 Å². The van der Waals surface area contributed by atoms with Crippen molar-refractivity contribution in [2.24, 2.45) is 0 Å². The van der Waals surface area contributed by atoms with Crippen molar-refractivity contribution in [2.75, 3.05) is 13.7 Å². The average molecular weight is 403 g/mol. The van der Waals surface area contributed by atoms with Crippen LogP contribution >= 0.6 is 0 Å². The number of carbonyl (C=O) groups is 2. The van der Waals surface area contributed by atoms with Crippen LogP contribution in [0.1, 0.15) is 40.0 Å².